The van der Waals surface area contributed by atoms with Crippen molar-refractivity contribution in [1.82, 2.24) is 20.5 Å². The predicted molar refractivity (Wildman–Crippen MR) is 98.7 cm³/mol. The maximum atomic E-state index is 12.3. The molecule has 24 heavy (non-hydrogen) atoms. The summed E-state index contributed by atoms with van der Waals surface area (Å²) in [7, 11) is 0. The van der Waals surface area contributed by atoms with Crippen LogP contribution in [-0.2, 0) is 6.54 Å². The second-order valence-electron chi connectivity index (χ2n) is 5.98. The molecule has 0 aromatic carbocycles. The molecular formula is C17H20N4OS2. The first kappa shape index (κ1) is 16.9. The maximum absolute atomic E-state index is 12.3. The van der Waals surface area contributed by atoms with Gasteiger partial charge in [-0.3, -0.25) is 9.89 Å². The van der Waals surface area contributed by atoms with Crippen molar-refractivity contribution in [1.29, 1.82) is 0 Å². The molecule has 0 aliphatic carbocycles. The van der Waals surface area contributed by atoms with Gasteiger partial charge in [0.25, 0.3) is 5.91 Å². The van der Waals surface area contributed by atoms with Gasteiger partial charge in [0.1, 0.15) is 0 Å². The lowest BCUT2D eigenvalue weighted by Gasteiger charge is -2.01. The molecule has 3 rings (SSSR count). The van der Waals surface area contributed by atoms with Crippen LogP contribution in [0.1, 0.15) is 50.7 Å². The molecule has 0 saturated carbocycles. The van der Waals surface area contributed by atoms with Crippen molar-refractivity contribution in [3.05, 3.63) is 44.3 Å². The van der Waals surface area contributed by atoms with Crippen LogP contribution in [0.4, 0.5) is 0 Å². The van der Waals surface area contributed by atoms with E-state index in [2.05, 4.69) is 47.3 Å². The van der Waals surface area contributed by atoms with Crippen LogP contribution in [0, 0.1) is 13.8 Å². The number of rotatable bonds is 5. The summed E-state index contributed by atoms with van der Waals surface area (Å²) in [5.74, 6) is 0.228. The van der Waals surface area contributed by atoms with Crippen LogP contribution in [0.3, 0.4) is 0 Å². The second kappa shape index (κ2) is 6.86. The highest BCUT2D eigenvalue weighted by molar-refractivity contribution is 7.15. The summed E-state index contributed by atoms with van der Waals surface area (Å²) in [4.78, 5) is 20.3. The Morgan fingerprint density at radius 2 is 2.08 bits per heavy atom. The van der Waals surface area contributed by atoms with Crippen LogP contribution < -0.4 is 5.32 Å². The Morgan fingerprint density at radius 1 is 1.29 bits per heavy atom. The third-order valence-corrected chi connectivity index (χ3v) is 6.12. The lowest BCUT2D eigenvalue weighted by atomic mass is 10.2. The number of nitrogens with zero attached hydrogens (tertiary/aromatic N) is 2. The quantitative estimate of drug-likeness (QED) is 0.714. The second-order valence-corrected chi connectivity index (χ2v) is 8.38. The molecule has 7 heteroatoms. The molecular weight excluding hydrogens is 340 g/mol. The Labute approximate surface area is 149 Å². The van der Waals surface area contributed by atoms with Gasteiger partial charge in [0.15, 0.2) is 5.69 Å². The molecule has 0 saturated heterocycles. The molecule has 5 nitrogen and oxygen atoms in total. The number of aromatic nitrogens is 3. The van der Waals surface area contributed by atoms with Gasteiger partial charge in [-0.1, -0.05) is 13.8 Å². The lowest BCUT2D eigenvalue weighted by molar-refractivity contribution is 0.0946. The topological polar surface area (TPSA) is 70.7 Å². The van der Waals surface area contributed by atoms with E-state index in [0.29, 0.717) is 18.2 Å². The zero-order valence-electron chi connectivity index (χ0n) is 14.1. The number of amides is 1. The Morgan fingerprint density at radius 3 is 2.71 bits per heavy atom. The molecule has 3 aromatic rings. The zero-order valence-corrected chi connectivity index (χ0v) is 15.8. The molecule has 0 aliphatic heterocycles. The number of aromatic amines is 1. The number of H-pyrrole nitrogens is 1. The zero-order chi connectivity index (χ0) is 17.3. The summed E-state index contributed by atoms with van der Waals surface area (Å²) >= 11 is 3.33. The van der Waals surface area contributed by atoms with Crippen LogP contribution in [0.2, 0.25) is 0 Å². The van der Waals surface area contributed by atoms with E-state index < -0.39 is 0 Å². The third-order valence-electron chi connectivity index (χ3n) is 3.63. The summed E-state index contributed by atoms with van der Waals surface area (Å²) < 4.78 is 0. The van der Waals surface area contributed by atoms with Crippen molar-refractivity contribution < 1.29 is 4.79 Å². The number of aryl methyl sites for hydroxylation is 2. The summed E-state index contributed by atoms with van der Waals surface area (Å²) in [5.41, 5.74) is 2.26. The van der Waals surface area contributed by atoms with Crippen LogP contribution in [-0.4, -0.2) is 21.1 Å². The van der Waals surface area contributed by atoms with Gasteiger partial charge < -0.3 is 5.32 Å². The van der Waals surface area contributed by atoms with Crippen LogP contribution in [0.15, 0.2) is 18.2 Å². The minimum absolute atomic E-state index is 0.176. The van der Waals surface area contributed by atoms with Gasteiger partial charge in [-0.05, 0) is 32.0 Å². The number of nitrogens with one attached hydrogen (secondary N) is 2. The van der Waals surface area contributed by atoms with E-state index in [0.717, 1.165) is 26.1 Å². The SMILES string of the molecule is Cc1ccc(-c2cc(C(=O)NCc3sc(C(C)C)nc3C)n[nH]2)s1. The molecule has 0 fully saturated rings. The largest absolute Gasteiger partial charge is 0.346 e. The van der Waals surface area contributed by atoms with Gasteiger partial charge >= 0.3 is 0 Å². The van der Waals surface area contributed by atoms with Gasteiger partial charge in [0, 0.05) is 15.7 Å². The Balaban J connectivity index is 1.66. The van der Waals surface area contributed by atoms with Gasteiger partial charge in [-0.15, -0.1) is 22.7 Å². The van der Waals surface area contributed by atoms with Crippen molar-refractivity contribution in [2.24, 2.45) is 0 Å². The number of carbonyl (C=O) groups is 1. The summed E-state index contributed by atoms with van der Waals surface area (Å²) in [6, 6.07) is 5.88. The Hall–Kier alpha value is -1.99. The van der Waals surface area contributed by atoms with Crippen molar-refractivity contribution in [3.63, 3.8) is 0 Å². The Bertz CT molecular complexity index is 860. The van der Waals surface area contributed by atoms with Crippen molar-refractivity contribution in [2.75, 3.05) is 0 Å². The smallest absolute Gasteiger partial charge is 0.272 e. The van der Waals surface area contributed by atoms with E-state index in [-0.39, 0.29) is 5.91 Å². The van der Waals surface area contributed by atoms with Gasteiger partial charge in [-0.25, -0.2) is 4.98 Å². The first-order valence-corrected chi connectivity index (χ1v) is 9.44. The summed E-state index contributed by atoms with van der Waals surface area (Å²) in [6.07, 6.45) is 0. The molecule has 2 N–H and O–H groups in total. The number of hydrogen-bond acceptors (Lipinski definition) is 5. The average molecular weight is 361 g/mol. The first-order valence-electron chi connectivity index (χ1n) is 7.80. The first-order chi connectivity index (χ1) is 11.4. The van der Waals surface area contributed by atoms with E-state index >= 15 is 0 Å². The highest BCUT2D eigenvalue weighted by atomic mass is 32.1. The van der Waals surface area contributed by atoms with Crippen molar-refractivity contribution in [2.45, 2.75) is 40.2 Å². The molecule has 0 aliphatic rings. The molecule has 1 amide bonds. The summed E-state index contributed by atoms with van der Waals surface area (Å²) in [6.45, 7) is 8.77. The molecule has 0 atom stereocenters. The number of hydrogen-bond donors (Lipinski definition) is 2. The fraction of sp³-hybridized carbons (Fsp3) is 0.353. The highest BCUT2D eigenvalue weighted by Gasteiger charge is 2.15. The predicted octanol–water partition coefficient (Wildman–Crippen LogP) is 4.26. The number of thiophene rings is 1. The van der Waals surface area contributed by atoms with Crippen molar-refractivity contribution in [3.8, 4) is 10.6 Å². The van der Waals surface area contributed by atoms with E-state index in [1.807, 2.05) is 13.0 Å². The minimum atomic E-state index is -0.176. The van der Waals surface area contributed by atoms with E-state index in [4.69, 9.17) is 0 Å². The molecule has 0 bridgehead atoms. The summed E-state index contributed by atoms with van der Waals surface area (Å²) in [5, 5.41) is 11.1. The molecule has 3 aromatic heterocycles. The number of thiazole rings is 1. The fourth-order valence-corrected chi connectivity index (χ4v) is 4.10. The third kappa shape index (κ3) is 3.57. The molecule has 0 radical (unpaired) electrons. The average Bonchev–Trinajstić information content (AvgIpc) is 3.24. The maximum Gasteiger partial charge on any atom is 0.272 e. The molecule has 126 valence electrons. The fourth-order valence-electron chi connectivity index (χ4n) is 2.26. The Kier molecular flexibility index (Phi) is 4.82. The lowest BCUT2D eigenvalue weighted by Crippen LogP contribution is -2.23. The molecule has 3 heterocycles. The monoisotopic (exact) mass is 360 g/mol. The number of carbonyl (C=O) groups excluding carboxylic acids is 1. The van der Waals surface area contributed by atoms with Crippen LogP contribution >= 0.6 is 22.7 Å². The van der Waals surface area contributed by atoms with E-state index in [1.54, 1.807) is 28.7 Å². The van der Waals surface area contributed by atoms with Gasteiger partial charge in [0.05, 0.1) is 27.8 Å². The normalized spacial score (nSPS) is 11.2. The van der Waals surface area contributed by atoms with Crippen LogP contribution in [0.5, 0.6) is 0 Å². The molecule has 0 unspecified atom stereocenters. The highest BCUT2D eigenvalue weighted by Crippen LogP contribution is 2.27. The van der Waals surface area contributed by atoms with Gasteiger partial charge in [-0.2, -0.15) is 5.10 Å². The molecule has 0 spiro atoms. The van der Waals surface area contributed by atoms with Gasteiger partial charge in [0.2, 0.25) is 0 Å². The minimum Gasteiger partial charge on any atom is -0.346 e. The van der Waals surface area contributed by atoms with Crippen LogP contribution in [0.25, 0.3) is 10.6 Å². The van der Waals surface area contributed by atoms with E-state index in [1.165, 1.54) is 4.88 Å². The standard InChI is InChI=1S/C17H20N4OS2/c1-9(2)17-19-11(4)15(24-17)8-18-16(22)13-7-12(20-21-13)14-6-5-10(3)23-14/h5-7,9H,8H2,1-4H3,(H,18,22)(H,20,21). The van der Waals surface area contributed by atoms with Crippen molar-refractivity contribution >= 4 is 28.6 Å². The van der Waals surface area contributed by atoms with E-state index in [9.17, 15) is 4.79 Å².